The zero-order valence-corrected chi connectivity index (χ0v) is 18.9. The Morgan fingerprint density at radius 3 is 2.67 bits per heavy atom. The number of piperidine rings is 1. The van der Waals surface area contributed by atoms with Gasteiger partial charge in [0, 0.05) is 39.1 Å². The Balaban J connectivity index is 1.71. The van der Waals surface area contributed by atoms with Crippen LogP contribution in [0.5, 0.6) is 0 Å². The summed E-state index contributed by atoms with van der Waals surface area (Å²) in [7, 11) is -2.02. The first kappa shape index (κ1) is 21.2. The summed E-state index contributed by atoms with van der Waals surface area (Å²) in [4.78, 5) is 23.0. The van der Waals surface area contributed by atoms with E-state index in [0.29, 0.717) is 49.1 Å². The van der Waals surface area contributed by atoms with Crippen molar-refractivity contribution >= 4 is 10.0 Å². The average Bonchev–Trinajstić information content (AvgIpc) is 3.07. The van der Waals surface area contributed by atoms with E-state index in [1.165, 1.54) is 10.5 Å². The van der Waals surface area contributed by atoms with Crippen LogP contribution in [0.2, 0.25) is 0 Å². The SMILES string of the molecule is Cc1c(S(=O)(=O)N2CCCC[C@@H]2c2nc3c(c(=O)[nH]2)CN(C(C)C)CC3)cnn1C. The highest BCUT2D eigenvalue weighted by atomic mass is 32.2. The van der Waals surface area contributed by atoms with Gasteiger partial charge in [-0.05, 0) is 33.6 Å². The molecule has 1 fully saturated rings. The van der Waals surface area contributed by atoms with Crippen molar-refractivity contribution in [2.24, 2.45) is 7.05 Å². The summed E-state index contributed by atoms with van der Waals surface area (Å²) in [6.07, 6.45) is 4.42. The fraction of sp³-hybridized carbons (Fsp3) is 0.650. The van der Waals surface area contributed by atoms with Crippen LogP contribution in [0.25, 0.3) is 0 Å². The second kappa shape index (κ2) is 7.90. The number of nitrogens with zero attached hydrogens (tertiary/aromatic N) is 5. The van der Waals surface area contributed by atoms with E-state index in [0.717, 1.165) is 25.1 Å². The number of aryl methyl sites for hydroxylation is 1. The molecule has 0 unspecified atom stereocenters. The maximum absolute atomic E-state index is 13.4. The van der Waals surface area contributed by atoms with E-state index in [9.17, 15) is 13.2 Å². The van der Waals surface area contributed by atoms with Crippen LogP contribution in [0.1, 0.15) is 61.9 Å². The molecule has 0 saturated carbocycles. The zero-order valence-electron chi connectivity index (χ0n) is 18.1. The van der Waals surface area contributed by atoms with Crippen LogP contribution in [0.4, 0.5) is 0 Å². The lowest BCUT2D eigenvalue weighted by Gasteiger charge is -2.35. The van der Waals surface area contributed by atoms with Crippen molar-refractivity contribution in [1.82, 2.24) is 29.0 Å². The van der Waals surface area contributed by atoms with E-state index < -0.39 is 16.1 Å². The van der Waals surface area contributed by atoms with Gasteiger partial charge in [0.1, 0.15) is 10.7 Å². The van der Waals surface area contributed by atoms with Crippen molar-refractivity contribution in [1.29, 1.82) is 0 Å². The first-order valence-corrected chi connectivity index (χ1v) is 12.0. The zero-order chi connectivity index (χ0) is 21.6. The molecular formula is C20H30N6O3S. The molecular weight excluding hydrogens is 404 g/mol. The van der Waals surface area contributed by atoms with Crippen LogP contribution in [0.15, 0.2) is 15.9 Å². The summed E-state index contributed by atoms with van der Waals surface area (Å²) in [6.45, 7) is 7.82. The van der Waals surface area contributed by atoms with Gasteiger partial charge in [-0.3, -0.25) is 14.4 Å². The van der Waals surface area contributed by atoms with Gasteiger partial charge < -0.3 is 4.98 Å². The lowest BCUT2D eigenvalue weighted by molar-refractivity contribution is 0.198. The molecule has 0 aliphatic carbocycles. The van der Waals surface area contributed by atoms with Gasteiger partial charge >= 0.3 is 0 Å². The monoisotopic (exact) mass is 434 g/mol. The number of hydrogen-bond acceptors (Lipinski definition) is 6. The van der Waals surface area contributed by atoms with Crippen LogP contribution in [0.3, 0.4) is 0 Å². The number of rotatable bonds is 4. The smallest absolute Gasteiger partial charge is 0.255 e. The van der Waals surface area contributed by atoms with Crippen LogP contribution in [-0.4, -0.2) is 56.5 Å². The van der Waals surface area contributed by atoms with Crippen molar-refractivity contribution in [3.05, 3.63) is 39.3 Å². The molecule has 0 spiro atoms. The van der Waals surface area contributed by atoms with Gasteiger partial charge in [-0.1, -0.05) is 6.42 Å². The third-order valence-corrected chi connectivity index (χ3v) is 8.40. The predicted molar refractivity (Wildman–Crippen MR) is 113 cm³/mol. The summed E-state index contributed by atoms with van der Waals surface area (Å²) in [5, 5.41) is 4.10. The molecule has 1 atom stereocenters. The number of aromatic amines is 1. The summed E-state index contributed by atoms with van der Waals surface area (Å²) in [6, 6.07) is -0.108. The molecule has 1 saturated heterocycles. The van der Waals surface area contributed by atoms with Gasteiger partial charge in [-0.2, -0.15) is 9.40 Å². The second-order valence-corrected chi connectivity index (χ2v) is 10.4. The molecule has 2 aromatic rings. The third kappa shape index (κ3) is 3.61. The van der Waals surface area contributed by atoms with Crippen molar-refractivity contribution in [2.45, 2.75) is 70.0 Å². The topological polar surface area (TPSA) is 104 Å². The number of aromatic nitrogens is 4. The first-order chi connectivity index (χ1) is 14.2. The number of nitrogens with one attached hydrogen (secondary N) is 1. The van der Waals surface area contributed by atoms with Crippen LogP contribution >= 0.6 is 0 Å². The molecule has 1 N–H and O–H groups in total. The highest BCUT2D eigenvalue weighted by Crippen LogP contribution is 2.34. The minimum atomic E-state index is -3.74. The second-order valence-electron chi connectivity index (χ2n) is 8.54. The molecule has 0 aromatic carbocycles. The maximum Gasteiger partial charge on any atom is 0.255 e. The summed E-state index contributed by atoms with van der Waals surface area (Å²) in [5.74, 6) is 0.460. The summed E-state index contributed by atoms with van der Waals surface area (Å²) < 4.78 is 29.9. The predicted octanol–water partition coefficient (Wildman–Crippen LogP) is 1.49. The Morgan fingerprint density at radius 2 is 2.00 bits per heavy atom. The minimum Gasteiger partial charge on any atom is -0.309 e. The lowest BCUT2D eigenvalue weighted by Crippen LogP contribution is -2.42. The number of fused-ring (bicyclic) bond motifs is 1. The van der Waals surface area contributed by atoms with Crippen LogP contribution in [0, 0.1) is 6.92 Å². The van der Waals surface area contributed by atoms with Gasteiger partial charge in [0.15, 0.2) is 0 Å². The Kier molecular flexibility index (Phi) is 5.58. The maximum atomic E-state index is 13.4. The van der Waals surface area contributed by atoms with Gasteiger partial charge in [-0.15, -0.1) is 0 Å². The number of sulfonamides is 1. The number of hydrogen-bond donors (Lipinski definition) is 1. The van der Waals surface area contributed by atoms with Crippen molar-refractivity contribution in [3.8, 4) is 0 Å². The molecule has 2 aliphatic rings. The molecule has 9 nitrogen and oxygen atoms in total. The summed E-state index contributed by atoms with van der Waals surface area (Å²) >= 11 is 0. The molecule has 0 bridgehead atoms. The van der Waals surface area contributed by atoms with E-state index in [-0.39, 0.29) is 10.5 Å². The van der Waals surface area contributed by atoms with Crippen molar-refractivity contribution in [2.75, 3.05) is 13.1 Å². The van der Waals surface area contributed by atoms with E-state index in [1.807, 2.05) is 0 Å². The van der Waals surface area contributed by atoms with Crippen molar-refractivity contribution in [3.63, 3.8) is 0 Å². The highest BCUT2D eigenvalue weighted by molar-refractivity contribution is 7.89. The van der Waals surface area contributed by atoms with Crippen LogP contribution in [-0.2, 0) is 30.0 Å². The normalized spacial score (nSPS) is 21.2. The van der Waals surface area contributed by atoms with Gasteiger partial charge in [0.05, 0.1) is 29.2 Å². The Hall–Kier alpha value is -2.04. The minimum absolute atomic E-state index is 0.152. The average molecular weight is 435 g/mol. The molecule has 0 radical (unpaired) electrons. The Morgan fingerprint density at radius 1 is 1.23 bits per heavy atom. The van der Waals surface area contributed by atoms with E-state index in [2.05, 4.69) is 28.8 Å². The van der Waals surface area contributed by atoms with E-state index >= 15 is 0 Å². The van der Waals surface area contributed by atoms with Crippen molar-refractivity contribution < 1.29 is 8.42 Å². The molecule has 0 amide bonds. The van der Waals surface area contributed by atoms with Gasteiger partial charge in [-0.25, -0.2) is 13.4 Å². The molecule has 2 aliphatic heterocycles. The Labute approximate surface area is 177 Å². The fourth-order valence-corrected chi connectivity index (χ4v) is 6.24. The molecule has 30 heavy (non-hydrogen) atoms. The third-order valence-electron chi connectivity index (χ3n) is 6.39. The first-order valence-electron chi connectivity index (χ1n) is 10.6. The quantitative estimate of drug-likeness (QED) is 0.782. The van der Waals surface area contributed by atoms with E-state index in [4.69, 9.17) is 4.98 Å². The number of H-pyrrole nitrogens is 1. The largest absolute Gasteiger partial charge is 0.309 e. The molecule has 4 heterocycles. The molecule has 2 aromatic heterocycles. The summed E-state index contributed by atoms with van der Waals surface area (Å²) in [5.41, 5.74) is 1.94. The fourth-order valence-electron chi connectivity index (χ4n) is 4.39. The van der Waals surface area contributed by atoms with Crippen LogP contribution < -0.4 is 5.56 Å². The van der Waals surface area contributed by atoms with E-state index in [1.54, 1.807) is 18.7 Å². The molecule has 164 valence electrons. The highest BCUT2D eigenvalue weighted by Gasteiger charge is 2.38. The molecule has 4 rings (SSSR count). The van der Waals surface area contributed by atoms with Gasteiger partial charge in [0.25, 0.3) is 5.56 Å². The molecule has 10 heteroatoms. The lowest BCUT2D eigenvalue weighted by atomic mass is 10.0. The standard InChI is InChI=1S/C20H30N6O3S/c1-13(2)25-10-8-16-15(12-25)20(27)23-19(22-16)17-7-5-6-9-26(17)30(28,29)18-11-21-24(4)14(18)3/h11,13,17H,5-10,12H2,1-4H3,(H,22,23,27)/t17-/m1/s1. The Bertz CT molecular complexity index is 1100. The van der Waals surface area contributed by atoms with Gasteiger partial charge in [0.2, 0.25) is 10.0 Å².